The predicted octanol–water partition coefficient (Wildman–Crippen LogP) is 7.34. The van der Waals surface area contributed by atoms with Crippen molar-refractivity contribution in [2.24, 2.45) is 46.2 Å². The van der Waals surface area contributed by atoms with E-state index in [2.05, 4.69) is 34.6 Å². The van der Waals surface area contributed by atoms with Gasteiger partial charge in [-0.3, -0.25) is 0 Å². The minimum absolute atomic E-state index is 0.194. The Labute approximate surface area is 176 Å². The summed E-state index contributed by atoms with van der Waals surface area (Å²) in [5.41, 5.74) is 6.99. The lowest BCUT2D eigenvalue weighted by molar-refractivity contribution is -0.0547. The van der Waals surface area contributed by atoms with Crippen molar-refractivity contribution in [3.8, 4) is 0 Å². The number of hydrogen-bond donors (Lipinski definition) is 2. The average molecular weight is 396 g/mol. The van der Waals surface area contributed by atoms with Crippen molar-refractivity contribution in [2.45, 2.75) is 111 Å². The fraction of sp³-hybridized carbons (Fsp3) is 1.00. The molecule has 1 nitrogen and oxygen atoms in total. The average Bonchev–Trinajstić information content (AvgIpc) is 2.98. The molecular weight excluding hydrogens is 346 g/mol. The van der Waals surface area contributed by atoms with E-state index in [1.807, 2.05) is 13.8 Å². The third kappa shape index (κ3) is 3.76. The molecule has 0 saturated heterocycles. The molecule has 0 heterocycles. The molecule has 0 aromatic carbocycles. The molecule has 0 aromatic heterocycles. The number of nitrogens with two attached hydrogens (primary N) is 1. The third-order valence-electron chi connectivity index (χ3n) is 9.96. The molecule has 3 saturated carbocycles. The first kappa shape index (κ1) is 23.6. The first-order valence-corrected chi connectivity index (χ1v) is 12.6. The van der Waals surface area contributed by atoms with Crippen LogP contribution in [0.5, 0.6) is 0 Å². The second kappa shape index (κ2) is 8.99. The van der Waals surface area contributed by atoms with Gasteiger partial charge in [0.05, 0.1) is 0 Å². The summed E-state index contributed by atoms with van der Waals surface area (Å²) < 4.78 is 0.194. The molecule has 0 amide bonds. The lowest BCUT2D eigenvalue weighted by Gasteiger charge is -2.62. The molecule has 3 fully saturated rings. The number of rotatable bonds is 4. The van der Waals surface area contributed by atoms with Gasteiger partial charge in [-0.15, -0.1) is 0 Å². The van der Waals surface area contributed by atoms with E-state index in [1.165, 1.54) is 57.8 Å². The molecule has 8 atom stereocenters. The van der Waals surface area contributed by atoms with Gasteiger partial charge < -0.3 is 5.73 Å². The Balaban J connectivity index is 0.00000126. The van der Waals surface area contributed by atoms with Crippen LogP contribution < -0.4 is 5.73 Å². The van der Waals surface area contributed by atoms with E-state index >= 15 is 0 Å². The second-order valence-electron chi connectivity index (χ2n) is 10.5. The van der Waals surface area contributed by atoms with E-state index in [1.54, 1.807) is 0 Å². The summed E-state index contributed by atoms with van der Waals surface area (Å²) in [5, 5.41) is 0. The molecule has 3 aliphatic carbocycles. The molecule has 2 heteroatoms. The van der Waals surface area contributed by atoms with Crippen molar-refractivity contribution in [3.63, 3.8) is 0 Å². The summed E-state index contributed by atoms with van der Waals surface area (Å²) in [7, 11) is 0. The molecule has 0 aromatic rings. The Kier molecular flexibility index (Phi) is 7.85. The summed E-state index contributed by atoms with van der Waals surface area (Å²) in [6.45, 7) is 17.5. The van der Waals surface area contributed by atoms with Crippen LogP contribution in [-0.4, -0.2) is 11.3 Å². The molecule has 0 radical (unpaired) electrons. The van der Waals surface area contributed by atoms with Crippen LogP contribution >= 0.6 is 12.6 Å². The zero-order chi connectivity index (χ0) is 20.5. The summed E-state index contributed by atoms with van der Waals surface area (Å²) in [4.78, 5) is 0. The first-order valence-electron chi connectivity index (χ1n) is 12.2. The number of thiol groups is 1. The fourth-order valence-corrected chi connectivity index (χ4v) is 8.19. The van der Waals surface area contributed by atoms with Crippen LogP contribution in [0.2, 0.25) is 0 Å². The smallest absolute Gasteiger partial charge is 0.0214 e. The minimum atomic E-state index is 0.194. The van der Waals surface area contributed by atoms with Crippen LogP contribution in [-0.2, 0) is 0 Å². The van der Waals surface area contributed by atoms with E-state index in [4.69, 9.17) is 18.4 Å². The van der Waals surface area contributed by atoms with Gasteiger partial charge in [0, 0.05) is 4.75 Å². The van der Waals surface area contributed by atoms with Crippen LogP contribution in [0.3, 0.4) is 0 Å². The van der Waals surface area contributed by atoms with Gasteiger partial charge in [-0.1, -0.05) is 54.9 Å². The summed E-state index contributed by atoms with van der Waals surface area (Å²) in [6.07, 6.45) is 12.2. The van der Waals surface area contributed by atoms with Crippen molar-refractivity contribution >= 4 is 12.6 Å². The van der Waals surface area contributed by atoms with E-state index in [-0.39, 0.29) is 4.75 Å². The highest BCUT2D eigenvalue weighted by Crippen LogP contribution is 2.67. The van der Waals surface area contributed by atoms with E-state index in [0.29, 0.717) is 10.8 Å². The molecule has 8 unspecified atom stereocenters. The molecule has 27 heavy (non-hydrogen) atoms. The molecule has 3 aliphatic rings. The van der Waals surface area contributed by atoms with Crippen LogP contribution in [0.1, 0.15) is 106 Å². The summed E-state index contributed by atoms with van der Waals surface area (Å²) in [6, 6.07) is 0. The SMILES string of the molecule is CC.CCC1CCC(C)(C2(S)CCC3(C)C(C)CCC3C2C)C(CCN)C1. The van der Waals surface area contributed by atoms with Crippen molar-refractivity contribution in [2.75, 3.05) is 6.54 Å². The van der Waals surface area contributed by atoms with Gasteiger partial charge in [-0.25, -0.2) is 0 Å². The predicted molar refractivity (Wildman–Crippen MR) is 124 cm³/mol. The van der Waals surface area contributed by atoms with Crippen LogP contribution in [0.15, 0.2) is 0 Å². The maximum absolute atomic E-state index is 6.07. The monoisotopic (exact) mass is 395 g/mol. The van der Waals surface area contributed by atoms with Gasteiger partial charge in [0.1, 0.15) is 0 Å². The second-order valence-corrected chi connectivity index (χ2v) is 11.3. The van der Waals surface area contributed by atoms with Crippen LogP contribution in [0.25, 0.3) is 0 Å². The van der Waals surface area contributed by atoms with E-state index < -0.39 is 0 Å². The number of fused-ring (bicyclic) bond motifs is 1. The Morgan fingerprint density at radius 3 is 2.26 bits per heavy atom. The van der Waals surface area contributed by atoms with Crippen molar-refractivity contribution < 1.29 is 0 Å². The Morgan fingerprint density at radius 1 is 1.00 bits per heavy atom. The quantitative estimate of drug-likeness (QED) is 0.478. The summed E-state index contributed by atoms with van der Waals surface area (Å²) in [5.74, 6) is 4.16. The standard InChI is InChI=1S/C23H43NS.C2H6/c1-6-18-9-11-22(5,19(15-18)10-14-24)23(25)13-12-21(4)16(2)7-8-20(21)17(23)3;1-2/h16-20,25H,6-15,24H2,1-5H3;1-2H3. The first-order chi connectivity index (χ1) is 12.7. The molecule has 0 spiro atoms. The number of hydrogen-bond acceptors (Lipinski definition) is 2. The van der Waals surface area contributed by atoms with Crippen molar-refractivity contribution in [3.05, 3.63) is 0 Å². The molecule has 2 N–H and O–H groups in total. The van der Waals surface area contributed by atoms with E-state index in [0.717, 1.165) is 36.1 Å². The largest absolute Gasteiger partial charge is 0.330 e. The van der Waals surface area contributed by atoms with Gasteiger partial charge >= 0.3 is 0 Å². The Hall–Kier alpha value is 0.310. The highest BCUT2D eigenvalue weighted by atomic mass is 32.1. The Bertz CT molecular complexity index is 479. The minimum Gasteiger partial charge on any atom is -0.330 e. The fourth-order valence-electron chi connectivity index (χ4n) is 7.60. The highest BCUT2D eigenvalue weighted by molar-refractivity contribution is 7.81. The normalized spacial score (nSPS) is 49.9. The zero-order valence-corrected chi connectivity index (χ0v) is 20.4. The van der Waals surface area contributed by atoms with Gasteiger partial charge in [-0.05, 0) is 98.3 Å². The van der Waals surface area contributed by atoms with Crippen molar-refractivity contribution in [1.82, 2.24) is 0 Å². The third-order valence-corrected chi connectivity index (χ3v) is 11.1. The maximum Gasteiger partial charge on any atom is 0.0214 e. The summed E-state index contributed by atoms with van der Waals surface area (Å²) >= 11 is 5.59. The van der Waals surface area contributed by atoms with Crippen LogP contribution in [0.4, 0.5) is 0 Å². The Morgan fingerprint density at radius 2 is 1.67 bits per heavy atom. The van der Waals surface area contributed by atoms with E-state index in [9.17, 15) is 0 Å². The lowest BCUT2D eigenvalue weighted by atomic mass is 9.47. The van der Waals surface area contributed by atoms with Gasteiger partial charge in [0.25, 0.3) is 0 Å². The molecule has 3 rings (SSSR count). The van der Waals surface area contributed by atoms with Crippen molar-refractivity contribution in [1.29, 1.82) is 0 Å². The van der Waals surface area contributed by atoms with Gasteiger partial charge in [-0.2, -0.15) is 12.6 Å². The maximum atomic E-state index is 6.07. The molecule has 160 valence electrons. The molecule has 0 aliphatic heterocycles. The van der Waals surface area contributed by atoms with Gasteiger partial charge in [0.2, 0.25) is 0 Å². The van der Waals surface area contributed by atoms with Crippen LogP contribution in [0, 0.1) is 40.4 Å². The molecular formula is C25H49NS. The van der Waals surface area contributed by atoms with Gasteiger partial charge in [0.15, 0.2) is 0 Å². The highest BCUT2D eigenvalue weighted by Gasteiger charge is 2.62. The lowest BCUT2D eigenvalue weighted by Crippen LogP contribution is -2.59. The zero-order valence-electron chi connectivity index (χ0n) is 19.5. The topological polar surface area (TPSA) is 26.0 Å². The molecule has 0 bridgehead atoms.